The molecule has 14 unspecified atom stereocenters. The van der Waals surface area contributed by atoms with Crippen molar-refractivity contribution in [3.05, 3.63) is 0 Å². The molecular formula is C27H45NO6. The Morgan fingerprint density at radius 2 is 1.44 bits per heavy atom. The van der Waals surface area contributed by atoms with Gasteiger partial charge >= 0.3 is 0 Å². The molecule has 6 N–H and O–H groups in total. The minimum absolute atomic E-state index is 0.0114. The van der Waals surface area contributed by atoms with Gasteiger partial charge in [-0.15, -0.1) is 0 Å². The molecule has 0 radical (unpaired) electrons. The SMILES string of the molecule is CC1CCC2N(C1)CC1C(C(O)CC3(O)C4CC(O)C5CC(O)CCC5(C)C4CC13O)C2(C)O. The van der Waals surface area contributed by atoms with E-state index in [-0.39, 0.29) is 35.6 Å². The Balaban J connectivity index is 1.41. The summed E-state index contributed by atoms with van der Waals surface area (Å²) in [5.74, 6) is -0.751. The fraction of sp³-hybridized carbons (Fsp3) is 1.00. The zero-order valence-electron chi connectivity index (χ0n) is 21.0. The molecule has 34 heavy (non-hydrogen) atoms. The minimum Gasteiger partial charge on any atom is -0.393 e. The monoisotopic (exact) mass is 479 g/mol. The van der Waals surface area contributed by atoms with Crippen molar-refractivity contribution in [1.29, 1.82) is 0 Å². The molecule has 0 spiro atoms. The van der Waals surface area contributed by atoms with E-state index in [1.165, 1.54) is 0 Å². The molecule has 2 saturated heterocycles. The van der Waals surface area contributed by atoms with Crippen molar-refractivity contribution in [3.63, 3.8) is 0 Å². The van der Waals surface area contributed by atoms with E-state index < -0.39 is 47.0 Å². The van der Waals surface area contributed by atoms with Gasteiger partial charge in [-0.25, -0.2) is 0 Å². The number of fused-ring (bicyclic) bond motifs is 8. The highest BCUT2D eigenvalue weighted by atomic mass is 16.4. The Labute approximate surface area is 203 Å². The number of hydrogen-bond acceptors (Lipinski definition) is 7. The molecule has 6 aliphatic rings. The third-order valence-corrected chi connectivity index (χ3v) is 12.3. The standard InChI is InChI=1S/C27H45NO6/c1-14-4-5-22-25(3,32)23-19(13-28(22)12-14)26(33)10-18-16(27(26,34)11-21(23)31)9-20(30)17-8-15(29)6-7-24(17,18)2/h14-23,29-34H,4-13H2,1-3H3. The lowest BCUT2D eigenvalue weighted by atomic mass is 9.50. The molecule has 4 aliphatic carbocycles. The summed E-state index contributed by atoms with van der Waals surface area (Å²) in [5, 5.41) is 69.6. The van der Waals surface area contributed by atoms with Gasteiger partial charge in [0.25, 0.3) is 0 Å². The number of hydrogen-bond donors (Lipinski definition) is 6. The van der Waals surface area contributed by atoms with Crippen LogP contribution in [0.25, 0.3) is 0 Å². The van der Waals surface area contributed by atoms with Gasteiger partial charge in [-0.2, -0.15) is 0 Å². The number of rotatable bonds is 0. The lowest BCUT2D eigenvalue weighted by molar-refractivity contribution is -0.293. The number of aliphatic hydroxyl groups is 6. The molecule has 0 amide bonds. The molecule has 14 atom stereocenters. The van der Waals surface area contributed by atoms with Crippen LogP contribution in [0.4, 0.5) is 0 Å². The molecular weight excluding hydrogens is 434 g/mol. The second kappa shape index (κ2) is 7.40. The zero-order valence-corrected chi connectivity index (χ0v) is 21.0. The van der Waals surface area contributed by atoms with Crippen molar-refractivity contribution in [2.24, 2.45) is 40.9 Å². The summed E-state index contributed by atoms with van der Waals surface area (Å²) in [6.07, 6.45) is 2.86. The second-order valence-corrected chi connectivity index (χ2v) is 13.9. The summed E-state index contributed by atoms with van der Waals surface area (Å²) in [7, 11) is 0. The van der Waals surface area contributed by atoms with Gasteiger partial charge < -0.3 is 30.6 Å². The van der Waals surface area contributed by atoms with Crippen LogP contribution in [0.5, 0.6) is 0 Å². The summed E-state index contributed by atoms with van der Waals surface area (Å²) in [6, 6.07) is -0.0402. The average Bonchev–Trinajstić information content (AvgIpc) is 2.97. The Bertz CT molecular complexity index is 838. The van der Waals surface area contributed by atoms with E-state index in [1.807, 2.05) is 6.92 Å². The van der Waals surface area contributed by atoms with Gasteiger partial charge in [0.1, 0.15) is 0 Å². The first kappa shape index (κ1) is 24.1. The molecule has 0 aromatic rings. The largest absolute Gasteiger partial charge is 0.393 e. The number of aliphatic hydroxyl groups excluding tert-OH is 3. The van der Waals surface area contributed by atoms with Crippen molar-refractivity contribution in [2.75, 3.05) is 13.1 Å². The maximum Gasteiger partial charge on any atom is 0.0993 e. The normalized spacial score (nSPS) is 63.8. The predicted octanol–water partition coefficient (Wildman–Crippen LogP) is 0.879. The first-order valence-corrected chi connectivity index (χ1v) is 13.8. The first-order valence-electron chi connectivity index (χ1n) is 13.8. The molecule has 0 aromatic heterocycles. The molecule has 7 heteroatoms. The topological polar surface area (TPSA) is 125 Å². The van der Waals surface area contributed by atoms with E-state index in [4.69, 9.17) is 0 Å². The van der Waals surface area contributed by atoms with E-state index in [0.717, 1.165) is 25.8 Å². The Morgan fingerprint density at radius 3 is 2.18 bits per heavy atom. The van der Waals surface area contributed by atoms with Crippen molar-refractivity contribution in [3.8, 4) is 0 Å². The fourth-order valence-corrected chi connectivity index (χ4v) is 10.6. The molecule has 0 bridgehead atoms. The zero-order chi connectivity index (χ0) is 24.4. The van der Waals surface area contributed by atoms with Crippen LogP contribution >= 0.6 is 0 Å². The van der Waals surface area contributed by atoms with Crippen molar-refractivity contribution in [1.82, 2.24) is 4.90 Å². The highest BCUT2D eigenvalue weighted by molar-refractivity contribution is 5.27. The van der Waals surface area contributed by atoms with Crippen LogP contribution in [0, 0.1) is 40.9 Å². The average molecular weight is 480 g/mol. The van der Waals surface area contributed by atoms with Crippen molar-refractivity contribution >= 4 is 0 Å². The summed E-state index contributed by atoms with van der Waals surface area (Å²) >= 11 is 0. The summed E-state index contributed by atoms with van der Waals surface area (Å²) in [4.78, 5) is 2.31. The van der Waals surface area contributed by atoms with E-state index in [1.54, 1.807) is 0 Å². The highest BCUT2D eigenvalue weighted by Gasteiger charge is 2.76. The van der Waals surface area contributed by atoms with Gasteiger partial charge in [-0.05, 0) is 81.0 Å². The van der Waals surface area contributed by atoms with E-state index in [2.05, 4.69) is 18.7 Å². The lowest BCUT2D eigenvalue weighted by Gasteiger charge is -2.64. The molecule has 6 rings (SSSR count). The van der Waals surface area contributed by atoms with Gasteiger partial charge in [-0.3, -0.25) is 4.90 Å². The summed E-state index contributed by atoms with van der Waals surface area (Å²) in [5.41, 5.74) is -4.33. The lowest BCUT2D eigenvalue weighted by Crippen LogP contribution is -2.77. The van der Waals surface area contributed by atoms with Crippen LogP contribution in [0.15, 0.2) is 0 Å². The smallest absolute Gasteiger partial charge is 0.0993 e. The molecule has 2 heterocycles. The summed E-state index contributed by atoms with van der Waals surface area (Å²) in [6.45, 7) is 7.67. The predicted molar refractivity (Wildman–Crippen MR) is 126 cm³/mol. The Kier molecular flexibility index (Phi) is 5.24. The second-order valence-electron chi connectivity index (χ2n) is 13.9. The number of piperidine rings is 2. The Hall–Kier alpha value is -0.280. The third kappa shape index (κ3) is 2.89. The van der Waals surface area contributed by atoms with Crippen molar-refractivity contribution < 1.29 is 30.6 Å². The van der Waals surface area contributed by atoms with Gasteiger partial charge in [0.2, 0.25) is 0 Å². The molecule has 4 saturated carbocycles. The van der Waals surface area contributed by atoms with Crippen LogP contribution in [0.2, 0.25) is 0 Å². The van der Waals surface area contributed by atoms with Gasteiger partial charge in [0, 0.05) is 37.4 Å². The molecule has 6 fully saturated rings. The van der Waals surface area contributed by atoms with Crippen LogP contribution in [-0.4, -0.2) is 89.8 Å². The van der Waals surface area contributed by atoms with E-state index in [0.29, 0.717) is 38.1 Å². The van der Waals surface area contributed by atoms with Gasteiger partial charge in [0.15, 0.2) is 0 Å². The maximum atomic E-state index is 12.5. The molecule has 2 aliphatic heterocycles. The quantitative estimate of drug-likeness (QED) is 0.305. The van der Waals surface area contributed by atoms with E-state index >= 15 is 0 Å². The van der Waals surface area contributed by atoms with Crippen LogP contribution in [0.1, 0.15) is 72.1 Å². The Morgan fingerprint density at radius 1 is 0.735 bits per heavy atom. The third-order valence-electron chi connectivity index (χ3n) is 12.3. The number of nitrogens with zero attached hydrogens (tertiary/aromatic N) is 1. The summed E-state index contributed by atoms with van der Waals surface area (Å²) < 4.78 is 0. The van der Waals surface area contributed by atoms with Crippen LogP contribution in [-0.2, 0) is 0 Å². The fourth-order valence-electron chi connectivity index (χ4n) is 10.6. The molecule has 194 valence electrons. The molecule has 0 aromatic carbocycles. The maximum absolute atomic E-state index is 12.5. The minimum atomic E-state index is -1.49. The molecule has 7 nitrogen and oxygen atoms in total. The van der Waals surface area contributed by atoms with Crippen molar-refractivity contribution in [2.45, 2.75) is 113 Å². The first-order chi connectivity index (χ1) is 15.8. The van der Waals surface area contributed by atoms with Crippen LogP contribution < -0.4 is 0 Å². The van der Waals surface area contributed by atoms with Crippen LogP contribution in [0.3, 0.4) is 0 Å². The highest BCUT2D eigenvalue weighted by Crippen LogP contribution is 2.69. The van der Waals surface area contributed by atoms with Gasteiger partial charge in [0.05, 0.1) is 35.1 Å². The van der Waals surface area contributed by atoms with Gasteiger partial charge in [-0.1, -0.05) is 13.8 Å². The van der Waals surface area contributed by atoms with E-state index in [9.17, 15) is 30.6 Å².